The van der Waals surface area contributed by atoms with Gasteiger partial charge in [-0.3, -0.25) is 10.1 Å². The summed E-state index contributed by atoms with van der Waals surface area (Å²) < 4.78 is 0. The second-order valence-electron chi connectivity index (χ2n) is 4.43. The molecule has 0 radical (unpaired) electrons. The number of aromatic nitrogens is 1. The number of anilines is 1. The Labute approximate surface area is 115 Å². The Morgan fingerprint density at radius 3 is 2.79 bits per heavy atom. The lowest BCUT2D eigenvalue weighted by atomic mass is 10.1. The molecule has 2 heterocycles. The number of nitrogens with zero attached hydrogens (tertiary/aromatic N) is 3. The number of nitro groups is 1. The van der Waals surface area contributed by atoms with Gasteiger partial charge >= 0.3 is 0 Å². The van der Waals surface area contributed by atoms with Gasteiger partial charge in [0.05, 0.1) is 4.92 Å². The lowest BCUT2D eigenvalue weighted by Crippen LogP contribution is -2.31. The number of thiophene rings is 1. The van der Waals surface area contributed by atoms with Gasteiger partial charge in [-0.2, -0.15) is 11.3 Å². The molecule has 0 fully saturated rings. The Kier molecular flexibility index (Phi) is 4.11. The Morgan fingerprint density at radius 2 is 2.26 bits per heavy atom. The van der Waals surface area contributed by atoms with Crippen LogP contribution in [0.5, 0.6) is 0 Å². The van der Waals surface area contributed by atoms with Gasteiger partial charge in [0, 0.05) is 19.2 Å². The van der Waals surface area contributed by atoms with Gasteiger partial charge in [-0.15, -0.1) is 0 Å². The highest BCUT2D eigenvalue weighted by molar-refractivity contribution is 7.07. The quantitative estimate of drug-likeness (QED) is 0.622. The van der Waals surface area contributed by atoms with Crippen LogP contribution in [0.15, 0.2) is 35.2 Å². The summed E-state index contributed by atoms with van der Waals surface area (Å²) in [6.45, 7) is 2.11. The number of likely N-dealkylation sites (N-methyl/N-ethyl adjacent to an activating group) is 1. The van der Waals surface area contributed by atoms with Crippen LogP contribution in [-0.4, -0.2) is 23.0 Å². The van der Waals surface area contributed by atoms with Gasteiger partial charge in [-0.25, -0.2) is 4.98 Å². The van der Waals surface area contributed by atoms with Crippen molar-refractivity contribution in [3.63, 3.8) is 0 Å². The van der Waals surface area contributed by atoms with E-state index in [2.05, 4.69) is 28.7 Å². The molecule has 0 aliphatic heterocycles. The number of pyridine rings is 1. The van der Waals surface area contributed by atoms with Crippen molar-refractivity contribution >= 4 is 22.8 Å². The number of hydrogen-bond acceptors (Lipinski definition) is 5. The largest absolute Gasteiger partial charge is 0.357 e. The maximum atomic E-state index is 10.6. The molecule has 0 aromatic carbocycles. The first kappa shape index (κ1) is 13.5. The van der Waals surface area contributed by atoms with Crippen LogP contribution < -0.4 is 4.90 Å². The minimum absolute atomic E-state index is 0.0163. The van der Waals surface area contributed by atoms with E-state index in [0.29, 0.717) is 0 Å². The molecule has 1 unspecified atom stereocenters. The van der Waals surface area contributed by atoms with E-state index in [-0.39, 0.29) is 11.7 Å². The van der Waals surface area contributed by atoms with Crippen molar-refractivity contribution < 1.29 is 4.92 Å². The molecule has 0 spiro atoms. The molecule has 0 aliphatic carbocycles. The second kappa shape index (κ2) is 5.79. The molecule has 19 heavy (non-hydrogen) atoms. The van der Waals surface area contributed by atoms with E-state index in [1.165, 1.54) is 17.8 Å². The Hall–Kier alpha value is -1.95. The molecule has 2 aromatic rings. The van der Waals surface area contributed by atoms with Crippen molar-refractivity contribution in [3.8, 4) is 0 Å². The highest BCUT2D eigenvalue weighted by atomic mass is 32.1. The molecular formula is C13H15N3O2S. The molecule has 2 aromatic heterocycles. The Morgan fingerprint density at radius 1 is 1.47 bits per heavy atom. The molecule has 6 heteroatoms. The predicted octanol–water partition coefficient (Wildman–Crippen LogP) is 3.12. The van der Waals surface area contributed by atoms with Crippen LogP contribution in [0.25, 0.3) is 0 Å². The zero-order valence-electron chi connectivity index (χ0n) is 10.8. The van der Waals surface area contributed by atoms with Crippen molar-refractivity contribution in [3.05, 3.63) is 50.8 Å². The molecule has 1 atom stereocenters. The molecule has 0 saturated carbocycles. The summed E-state index contributed by atoms with van der Waals surface area (Å²) in [6, 6.07) is 5.56. The van der Waals surface area contributed by atoms with E-state index in [1.54, 1.807) is 17.4 Å². The normalized spacial score (nSPS) is 12.1. The maximum absolute atomic E-state index is 10.6. The average molecular weight is 277 g/mol. The zero-order chi connectivity index (χ0) is 13.8. The van der Waals surface area contributed by atoms with E-state index in [0.717, 1.165) is 12.2 Å². The average Bonchev–Trinajstić information content (AvgIpc) is 2.90. The van der Waals surface area contributed by atoms with Crippen LogP contribution in [0.4, 0.5) is 11.5 Å². The summed E-state index contributed by atoms with van der Waals surface area (Å²) in [7, 11) is 1.95. The standard InChI is InChI=1S/C13H15N3O2S/c1-10(7-11-5-6-19-9-11)15(2)13-4-3-12(8-14-13)16(17)18/h3-6,8-10H,7H2,1-2H3. The van der Waals surface area contributed by atoms with Crippen molar-refractivity contribution in [2.24, 2.45) is 0 Å². The minimum atomic E-state index is -0.439. The number of rotatable bonds is 5. The topological polar surface area (TPSA) is 59.3 Å². The van der Waals surface area contributed by atoms with Crippen LogP contribution in [0.1, 0.15) is 12.5 Å². The van der Waals surface area contributed by atoms with Gasteiger partial charge in [0.25, 0.3) is 5.69 Å². The van der Waals surface area contributed by atoms with Gasteiger partial charge in [-0.1, -0.05) is 0 Å². The summed E-state index contributed by atoms with van der Waals surface area (Å²) in [5.74, 6) is 0.744. The smallest absolute Gasteiger partial charge is 0.287 e. The van der Waals surface area contributed by atoms with Crippen LogP contribution >= 0.6 is 11.3 Å². The van der Waals surface area contributed by atoms with Crippen LogP contribution in [0.2, 0.25) is 0 Å². The van der Waals surface area contributed by atoms with Gasteiger partial charge < -0.3 is 4.90 Å². The van der Waals surface area contributed by atoms with Crippen LogP contribution in [-0.2, 0) is 6.42 Å². The van der Waals surface area contributed by atoms with Crippen molar-refractivity contribution in [2.75, 3.05) is 11.9 Å². The van der Waals surface area contributed by atoms with E-state index in [1.807, 2.05) is 11.9 Å². The van der Waals surface area contributed by atoms with E-state index in [9.17, 15) is 10.1 Å². The summed E-state index contributed by atoms with van der Waals surface area (Å²) in [4.78, 5) is 16.3. The molecule has 2 rings (SSSR count). The van der Waals surface area contributed by atoms with Crippen molar-refractivity contribution in [2.45, 2.75) is 19.4 Å². The lowest BCUT2D eigenvalue weighted by molar-refractivity contribution is -0.385. The maximum Gasteiger partial charge on any atom is 0.287 e. The number of hydrogen-bond donors (Lipinski definition) is 0. The van der Waals surface area contributed by atoms with Gasteiger partial charge in [0.2, 0.25) is 0 Å². The summed E-state index contributed by atoms with van der Waals surface area (Å²) in [6.07, 6.45) is 2.22. The SMILES string of the molecule is CC(Cc1ccsc1)N(C)c1ccc([N+](=O)[O-])cn1. The Bertz CT molecular complexity index is 540. The highest BCUT2D eigenvalue weighted by Gasteiger charge is 2.13. The fourth-order valence-electron chi connectivity index (χ4n) is 1.81. The van der Waals surface area contributed by atoms with E-state index in [4.69, 9.17) is 0 Å². The fraction of sp³-hybridized carbons (Fsp3) is 0.308. The fourth-order valence-corrected chi connectivity index (χ4v) is 2.49. The summed E-state index contributed by atoms with van der Waals surface area (Å²) >= 11 is 1.69. The third kappa shape index (κ3) is 3.29. The molecule has 0 saturated heterocycles. The van der Waals surface area contributed by atoms with E-state index >= 15 is 0 Å². The monoisotopic (exact) mass is 277 g/mol. The van der Waals surface area contributed by atoms with Gasteiger partial charge in [-0.05, 0) is 41.8 Å². The summed E-state index contributed by atoms with van der Waals surface area (Å²) in [5, 5.41) is 14.8. The molecule has 0 aliphatic rings. The summed E-state index contributed by atoms with van der Waals surface area (Å²) in [5.41, 5.74) is 1.31. The Balaban J connectivity index is 2.06. The first-order chi connectivity index (χ1) is 9.08. The molecule has 100 valence electrons. The second-order valence-corrected chi connectivity index (χ2v) is 5.21. The van der Waals surface area contributed by atoms with Gasteiger partial charge in [0.15, 0.2) is 0 Å². The van der Waals surface area contributed by atoms with Crippen LogP contribution in [0.3, 0.4) is 0 Å². The highest BCUT2D eigenvalue weighted by Crippen LogP contribution is 2.18. The molecule has 0 amide bonds. The molecular weight excluding hydrogens is 262 g/mol. The first-order valence-corrected chi connectivity index (χ1v) is 6.86. The third-order valence-corrected chi connectivity index (χ3v) is 3.81. The van der Waals surface area contributed by atoms with Crippen molar-refractivity contribution in [1.29, 1.82) is 0 Å². The minimum Gasteiger partial charge on any atom is -0.357 e. The predicted molar refractivity (Wildman–Crippen MR) is 76.8 cm³/mol. The van der Waals surface area contributed by atoms with Crippen LogP contribution in [0, 0.1) is 10.1 Å². The zero-order valence-corrected chi connectivity index (χ0v) is 11.6. The van der Waals surface area contributed by atoms with Crippen molar-refractivity contribution in [1.82, 2.24) is 4.98 Å². The molecule has 5 nitrogen and oxygen atoms in total. The van der Waals surface area contributed by atoms with E-state index < -0.39 is 4.92 Å². The first-order valence-electron chi connectivity index (χ1n) is 5.92. The molecule has 0 N–H and O–H groups in total. The van der Waals surface area contributed by atoms with Gasteiger partial charge in [0.1, 0.15) is 12.0 Å². The third-order valence-electron chi connectivity index (χ3n) is 3.08. The molecule has 0 bridgehead atoms. The lowest BCUT2D eigenvalue weighted by Gasteiger charge is -2.25.